The van der Waals surface area contributed by atoms with Crippen molar-refractivity contribution in [1.29, 1.82) is 0 Å². The fourth-order valence-corrected chi connectivity index (χ4v) is 7.64. The average Bonchev–Trinajstić information content (AvgIpc) is 2.71. The summed E-state index contributed by atoms with van der Waals surface area (Å²) in [6.45, 7) is 12.4. The van der Waals surface area contributed by atoms with Crippen LogP contribution in [0.4, 0.5) is 0 Å². The van der Waals surface area contributed by atoms with Gasteiger partial charge in [0.15, 0.2) is 0 Å². The summed E-state index contributed by atoms with van der Waals surface area (Å²) in [6.07, 6.45) is 5.25. The fraction of sp³-hybridized carbons (Fsp3) is 0.583. The van der Waals surface area contributed by atoms with Crippen LogP contribution in [-0.4, -0.2) is 59.6 Å². The van der Waals surface area contributed by atoms with E-state index in [-0.39, 0.29) is 22.8 Å². The Kier molecular flexibility index (Phi) is 6.86. The first-order chi connectivity index (χ1) is 14.9. The summed E-state index contributed by atoms with van der Waals surface area (Å²) < 4.78 is 29.3. The highest BCUT2D eigenvalue weighted by Gasteiger charge is 2.52. The van der Waals surface area contributed by atoms with E-state index in [0.29, 0.717) is 31.5 Å². The van der Waals surface area contributed by atoms with E-state index >= 15 is 0 Å². The van der Waals surface area contributed by atoms with Gasteiger partial charge in [-0.3, -0.25) is 9.59 Å². The first kappa shape index (κ1) is 24.5. The monoisotopic (exact) mass is 461 g/mol. The molecule has 2 aliphatic rings. The number of carbonyl (C=O) groups is 2. The van der Waals surface area contributed by atoms with Crippen molar-refractivity contribution in [3.63, 3.8) is 0 Å². The molecule has 1 N–H and O–H groups in total. The van der Waals surface area contributed by atoms with E-state index in [1.54, 1.807) is 27.4 Å². The van der Waals surface area contributed by atoms with Gasteiger partial charge in [-0.2, -0.15) is 4.31 Å². The number of carbonyl (C=O) groups excluding carboxylic acids is 2. The zero-order chi connectivity index (χ0) is 23.7. The summed E-state index contributed by atoms with van der Waals surface area (Å²) in [5.74, 6) is -0.382. The summed E-state index contributed by atoms with van der Waals surface area (Å²) in [4.78, 5) is 26.7. The van der Waals surface area contributed by atoms with Crippen molar-refractivity contribution in [2.24, 2.45) is 0 Å². The predicted octanol–water partition coefficient (Wildman–Crippen LogP) is 3.33. The minimum Gasteiger partial charge on any atom is -0.350 e. The van der Waals surface area contributed by atoms with Crippen LogP contribution in [0, 0.1) is 0 Å². The topological polar surface area (TPSA) is 86.8 Å². The number of hydrogen-bond acceptors (Lipinski definition) is 4. The molecule has 32 heavy (non-hydrogen) atoms. The summed E-state index contributed by atoms with van der Waals surface area (Å²) >= 11 is 0. The van der Waals surface area contributed by atoms with E-state index in [0.717, 1.165) is 19.3 Å². The van der Waals surface area contributed by atoms with Crippen LogP contribution in [0.15, 0.2) is 41.8 Å². The lowest BCUT2D eigenvalue weighted by Gasteiger charge is -2.53. The molecule has 0 unspecified atom stereocenters. The zero-order valence-electron chi connectivity index (χ0n) is 19.6. The van der Waals surface area contributed by atoms with Gasteiger partial charge >= 0.3 is 0 Å². The SMILES string of the molecule is C=CC(=O)NC1CC(C)(C)N(S(=O)(=O)c2cccc(C(=O)N3CCCCC3)c2)C(C)(C)C1. The maximum atomic E-state index is 13.9. The van der Waals surface area contributed by atoms with Crippen LogP contribution in [0.25, 0.3) is 0 Å². The Morgan fingerprint density at radius 2 is 1.66 bits per heavy atom. The van der Waals surface area contributed by atoms with Gasteiger partial charge in [0.25, 0.3) is 5.91 Å². The van der Waals surface area contributed by atoms with Crippen LogP contribution in [-0.2, 0) is 14.8 Å². The van der Waals surface area contributed by atoms with Crippen LogP contribution in [0.3, 0.4) is 0 Å². The van der Waals surface area contributed by atoms with Crippen LogP contribution >= 0.6 is 0 Å². The minimum absolute atomic E-state index is 0.119. The van der Waals surface area contributed by atoms with Gasteiger partial charge in [0.05, 0.1) is 4.90 Å². The van der Waals surface area contributed by atoms with E-state index in [4.69, 9.17) is 0 Å². The molecular formula is C24H35N3O4S. The second-order valence-electron chi connectivity index (χ2n) is 10.1. The van der Waals surface area contributed by atoms with E-state index in [9.17, 15) is 18.0 Å². The highest BCUT2D eigenvalue weighted by atomic mass is 32.2. The zero-order valence-corrected chi connectivity index (χ0v) is 20.4. The summed E-state index contributed by atoms with van der Waals surface area (Å²) in [5, 5.41) is 2.92. The van der Waals surface area contributed by atoms with Crippen LogP contribution < -0.4 is 5.32 Å². The van der Waals surface area contributed by atoms with Gasteiger partial charge in [0.1, 0.15) is 0 Å². The Morgan fingerprint density at radius 3 is 2.22 bits per heavy atom. The normalized spacial score (nSPS) is 21.7. The average molecular weight is 462 g/mol. The molecule has 0 atom stereocenters. The molecule has 7 nitrogen and oxygen atoms in total. The second kappa shape index (κ2) is 8.98. The lowest BCUT2D eigenvalue weighted by Crippen LogP contribution is -2.65. The molecule has 1 aromatic rings. The molecule has 0 saturated carbocycles. The highest BCUT2D eigenvalue weighted by Crippen LogP contribution is 2.42. The number of benzene rings is 1. The van der Waals surface area contributed by atoms with Crippen molar-refractivity contribution in [2.75, 3.05) is 13.1 Å². The molecule has 0 radical (unpaired) electrons. The Labute approximate surface area is 191 Å². The number of rotatable bonds is 5. The first-order valence-corrected chi connectivity index (χ1v) is 12.7. The molecule has 3 rings (SSSR count). The Hall–Kier alpha value is -2.19. The predicted molar refractivity (Wildman–Crippen MR) is 125 cm³/mol. The molecule has 2 saturated heterocycles. The molecule has 2 aliphatic heterocycles. The van der Waals surface area contributed by atoms with Crippen molar-refractivity contribution >= 4 is 21.8 Å². The molecule has 2 heterocycles. The number of likely N-dealkylation sites (tertiary alicyclic amines) is 1. The Balaban J connectivity index is 1.92. The molecule has 0 aliphatic carbocycles. The lowest BCUT2D eigenvalue weighted by atomic mass is 9.79. The van der Waals surface area contributed by atoms with Gasteiger partial charge in [-0.05, 0) is 84.1 Å². The third kappa shape index (κ3) is 4.91. The van der Waals surface area contributed by atoms with Gasteiger partial charge in [0.2, 0.25) is 15.9 Å². The Morgan fingerprint density at radius 1 is 1.06 bits per heavy atom. The van der Waals surface area contributed by atoms with E-state index in [1.165, 1.54) is 12.1 Å². The van der Waals surface area contributed by atoms with Gasteiger partial charge in [-0.15, -0.1) is 0 Å². The number of hydrogen-bond donors (Lipinski definition) is 1. The summed E-state index contributed by atoms with van der Waals surface area (Å²) in [5.41, 5.74) is -1.09. The number of sulfonamides is 1. The molecule has 8 heteroatoms. The van der Waals surface area contributed by atoms with Gasteiger partial charge in [0, 0.05) is 35.8 Å². The van der Waals surface area contributed by atoms with Gasteiger partial charge < -0.3 is 10.2 Å². The maximum Gasteiger partial charge on any atom is 0.253 e. The van der Waals surface area contributed by atoms with Crippen molar-refractivity contribution < 1.29 is 18.0 Å². The number of amides is 2. The third-order valence-electron chi connectivity index (χ3n) is 6.39. The Bertz CT molecular complexity index is 976. The van der Waals surface area contributed by atoms with Crippen LogP contribution in [0.2, 0.25) is 0 Å². The van der Waals surface area contributed by atoms with Crippen LogP contribution in [0.5, 0.6) is 0 Å². The van der Waals surface area contributed by atoms with Crippen molar-refractivity contribution in [3.05, 3.63) is 42.5 Å². The summed E-state index contributed by atoms with van der Waals surface area (Å²) in [6, 6.07) is 6.22. The van der Waals surface area contributed by atoms with Crippen molar-refractivity contribution in [3.8, 4) is 0 Å². The fourth-order valence-electron chi connectivity index (χ4n) is 5.45. The lowest BCUT2D eigenvalue weighted by molar-refractivity contribution is -0.118. The number of piperidine rings is 2. The standard InChI is InChI=1S/C24H35N3O4S/c1-6-21(28)25-19-16-23(2,3)27(24(4,5)17-19)32(30,31)20-12-10-11-18(15-20)22(29)26-13-8-7-9-14-26/h6,10-12,15,19H,1,7-9,13-14,16-17H2,2-5H3,(H,25,28). The first-order valence-electron chi connectivity index (χ1n) is 11.3. The molecule has 0 spiro atoms. The van der Waals surface area contributed by atoms with Crippen molar-refractivity contribution in [1.82, 2.24) is 14.5 Å². The smallest absolute Gasteiger partial charge is 0.253 e. The minimum atomic E-state index is -3.89. The number of nitrogens with zero attached hydrogens (tertiary/aromatic N) is 2. The molecule has 0 aromatic heterocycles. The third-order valence-corrected chi connectivity index (χ3v) is 8.70. The summed E-state index contributed by atoms with van der Waals surface area (Å²) in [7, 11) is -3.89. The molecular weight excluding hydrogens is 426 g/mol. The molecule has 1 aromatic carbocycles. The molecule has 2 fully saturated rings. The van der Waals surface area contributed by atoms with E-state index < -0.39 is 21.1 Å². The molecule has 176 valence electrons. The quantitative estimate of drug-likeness (QED) is 0.682. The van der Waals surface area contributed by atoms with E-state index in [2.05, 4.69) is 11.9 Å². The highest BCUT2D eigenvalue weighted by molar-refractivity contribution is 7.89. The second-order valence-corrected chi connectivity index (χ2v) is 11.9. The van der Waals surface area contributed by atoms with Crippen LogP contribution in [0.1, 0.15) is 70.2 Å². The van der Waals surface area contributed by atoms with Gasteiger partial charge in [-0.1, -0.05) is 12.6 Å². The van der Waals surface area contributed by atoms with Crippen molar-refractivity contribution in [2.45, 2.75) is 81.8 Å². The number of nitrogens with one attached hydrogen (secondary N) is 1. The molecule has 0 bridgehead atoms. The van der Waals surface area contributed by atoms with E-state index in [1.807, 2.05) is 27.7 Å². The largest absolute Gasteiger partial charge is 0.350 e. The van der Waals surface area contributed by atoms with Gasteiger partial charge in [-0.25, -0.2) is 8.42 Å². The molecule has 2 amide bonds. The maximum absolute atomic E-state index is 13.9.